The summed E-state index contributed by atoms with van der Waals surface area (Å²) in [5, 5.41) is 14.5. The van der Waals surface area contributed by atoms with Crippen molar-refractivity contribution in [2.75, 3.05) is 6.54 Å². The molecule has 0 spiro atoms. The van der Waals surface area contributed by atoms with Crippen LogP contribution in [-0.2, 0) is 0 Å². The second-order valence-electron chi connectivity index (χ2n) is 2.55. The van der Waals surface area contributed by atoms with E-state index < -0.39 is 0 Å². The van der Waals surface area contributed by atoms with Crippen molar-refractivity contribution < 1.29 is 14.2 Å². The normalized spacial score (nSPS) is 20.0. The molecular formula is C8H8N2O2. The van der Waals surface area contributed by atoms with Gasteiger partial charge in [-0.2, -0.15) is 0 Å². The molecule has 1 aliphatic heterocycles. The van der Waals surface area contributed by atoms with Gasteiger partial charge in [-0.1, -0.05) is 4.68 Å². The lowest BCUT2D eigenvalue weighted by molar-refractivity contribution is -0.519. The first-order valence-electron chi connectivity index (χ1n) is 3.74. The first kappa shape index (κ1) is 7.09. The molecule has 0 unspecified atom stereocenters. The van der Waals surface area contributed by atoms with Gasteiger partial charge in [-0.15, -0.1) is 0 Å². The van der Waals surface area contributed by atoms with Crippen LogP contribution in [0.2, 0.25) is 0 Å². The maximum absolute atomic E-state index is 10.7. The van der Waals surface area contributed by atoms with Crippen molar-refractivity contribution in [3.63, 3.8) is 0 Å². The maximum atomic E-state index is 10.7. The van der Waals surface area contributed by atoms with Gasteiger partial charge in [-0.25, -0.2) is 0 Å². The molecule has 4 nitrogen and oxygen atoms in total. The fourth-order valence-electron chi connectivity index (χ4n) is 1.06. The Morgan fingerprint density at radius 2 is 2.58 bits per heavy atom. The summed E-state index contributed by atoms with van der Waals surface area (Å²) in [4.78, 5) is 0. The first-order chi connectivity index (χ1) is 5.84. The summed E-state index contributed by atoms with van der Waals surface area (Å²) in [7, 11) is 0. The molecule has 0 aromatic carbocycles. The van der Waals surface area contributed by atoms with Gasteiger partial charge in [0.15, 0.2) is 12.3 Å². The van der Waals surface area contributed by atoms with E-state index in [1.165, 1.54) is 0 Å². The Bertz CT molecular complexity index is 325. The van der Waals surface area contributed by atoms with Crippen LogP contribution in [-0.4, -0.2) is 23.3 Å². The van der Waals surface area contributed by atoms with Gasteiger partial charge < -0.3 is 9.52 Å². The molecule has 4 heteroatoms. The molecule has 12 heavy (non-hydrogen) atoms. The minimum absolute atomic E-state index is 0.0715. The van der Waals surface area contributed by atoms with Gasteiger partial charge >= 0.3 is 0 Å². The third-order valence-corrected chi connectivity index (χ3v) is 1.61. The van der Waals surface area contributed by atoms with Crippen LogP contribution in [0.4, 0.5) is 0 Å². The molecule has 1 aromatic rings. The zero-order chi connectivity index (χ0) is 8.39. The molecule has 0 radical (unpaired) electrons. The second-order valence-corrected chi connectivity index (χ2v) is 2.55. The van der Waals surface area contributed by atoms with Gasteiger partial charge in [-0.05, 0) is 17.2 Å². The van der Waals surface area contributed by atoms with E-state index in [1.807, 2.05) is 6.07 Å². The summed E-state index contributed by atoms with van der Waals surface area (Å²) in [6, 6.07) is 3.61. The number of hydrogen-bond donors (Lipinski definition) is 0. The minimum Gasteiger partial charge on any atom is -0.857 e. The highest BCUT2D eigenvalue weighted by Gasteiger charge is 2.11. The molecule has 0 saturated carbocycles. The van der Waals surface area contributed by atoms with Crippen LogP contribution < -0.4 is 5.11 Å². The number of furan rings is 1. The van der Waals surface area contributed by atoms with Crippen LogP contribution in [0.3, 0.4) is 0 Å². The van der Waals surface area contributed by atoms with Gasteiger partial charge in [0.2, 0.25) is 6.21 Å². The van der Waals surface area contributed by atoms with Crippen LogP contribution in [0.25, 0.3) is 0 Å². The molecule has 0 fully saturated rings. The Labute approximate surface area is 69.4 Å². The Balaban J connectivity index is 2.20. The summed E-state index contributed by atoms with van der Waals surface area (Å²) in [5.74, 6) is 0.645. The SMILES string of the molecule is [O-]C1=N/[N+](=C\c2ccco2)CC1. The molecule has 62 valence electrons. The molecule has 0 amide bonds. The Kier molecular flexibility index (Phi) is 1.66. The van der Waals surface area contributed by atoms with E-state index in [0.717, 1.165) is 0 Å². The number of hydrazone groups is 1. The highest BCUT2D eigenvalue weighted by Crippen LogP contribution is 1.99. The predicted molar refractivity (Wildman–Crippen MR) is 41.1 cm³/mol. The van der Waals surface area contributed by atoms with Gasteiger partial charge in [-0.3, -0.25) is 0 Å². The topological polar surface area (TPSA) is 51.6 Å². The monoisotopic (exact) mass is 164 g/mol. The lowest BCUT2D eigenvalue weighted by Crippen LogP contribution is -2.13. The average molecular weight is 164 g/mol. The van der Waals surface area contributed by atoms with Crippen LogP contribution in [0.5, 0.6) is 0 Å². The molecule has 0 saturated heterocycles. The van der Waals surface area contributed by atoms with Gasteiger partial charge in [0.05, 0.1) is 6.26 Å². The van der Waals surface area contributed by atoms with Gasteiger partial charge in [0.1, 0.15) is 0 Å². The number of nitrogens with zero attached hydrogens (tertiary/aromatic N) is 2. The lowest BCUT2D eigenvalue weighted by atomic mass is 10.4. The summed E-state index contributed by atoms with van der Waals surface area (Å²) in [6.45, 7) is 0.652. The third-order valence-electron chi connectivity index (χ3n) is 1.61. The molecule has 0 aliphatic carbocycles. The van der Waals surface area contributed by atoms with E-state index in [-0.39, 0.29) is 5.90 Å². The number of hydrogen-bond acceptors (Lipinski definition) is 3. The maximum Gasteiger partial charge on any atom is 0.238 e. The van der Waals surface area contributed by atoms with Crippen molar-refractivity contribution in [3.05, 3.63) is 24.2 Å². The molecule has 2 heterocycles. The third kappa shape index (κ3) is 1.37. The highest BCUT2D eigenvalue weighted by molar-refractivity contribution is 5.75. The lowest BCUT2D eigenvalue weighted by Gasteiger charge is -1.89. The molecule has 2 rings (SSSR count). The largest absolute Gasteiger partial charge is 0.857 e. The minimum atomic E-state index is -0.0715. The van der Waals surface area contributed by atoms with E-state index in [9.17, 15) is 5.11 Å². The van der Waals surface area contributed by atoms with Crippen LogP contribution in [0, 0.1) is 0 Å². The van der Waals surface area contributed by atoms with Crippen molar-refractivity contribution in [1.82, 2.24) is 0 Å². The van der Waals surface area contributed by atoms with Gasteiger partial charge in [0, 0.05) is 12.3 Å². The van der Waals surface area contributed by atoms with E-state index >= 15 is 0 Å². The first-order valence-corrected chi connectivity index (χ1v) is 3.74. The molecular weight excluding hydrogens is 156 g/mol. The van der Waals surface area contributed by atoms with Crippen LogP contribution >= 0.6 is 0 Å². The molecule has 1 aliphatic rings. The smallest absolute Gasteiger partial charge is 0.238 e. The van der Waals surface area contributed by atoms with Crippen LogP contribution in [0.15, 0.2) is 27.9 Å². The summed E-state index contributed by atoms with van der Waals surface area (Å²) in [6.07, 6.45) is 3.80. The molecule has 1 aromatic heterocycles. The van der Waals surface area contributed by atoms with Gasteiger partial charge in [0.25, 0.3) is 0 Å². The van der Waals surface area contributed by atoms with E-state index in [0.29, 0.717) is 18.7 Å². The Morgan fingerprint density at radius 1 is 1.67 bits per heavy atom. The predicted octanol–water partition coefficient (Wildman–Crippen LogP) is -0.212. The molecule has 0 N–H and O–H groups in total. The standard InChI is InChI=1S/C8H8N2O2/c11-8-3-4-10(9-8)6-7-2-1-5-12-7/h1-2,5-6H,3-4H2/b10-6-. The van der Waals surface area contributed by atoms with Crippen molar-refractivity contribution >= 4 is 12.1 Å². The summed E-state index contributed by atoms with van der Waals surface area (Å²) >= 11 is 0. The zero-order valence-electron chi connectivity index (χ0n) is 6.43. The van der Waals surface area contributed by atoms with E-state index in [4.69, 9.17) is 4.42 Å². The second kappa shape index (κ2) is 2.81. The van der Waals surface area contributed by atoms with Crippen molar-refractivity contribution in [3.8, 4) is 0 Å². The molecule has 0 atom stereocenters. The van der Waals surface area contributed by atoms with E-state index in [2.05, 4.69) is 5.10 Å². The fourth-order valence-corrected chi connectivity index (χ4v) is 1.06. The van der Waals surface area contributed by atoms with Crippen molar-refractivity contribution in [1.29, 1.82) is 0 Å². The summed E-state index contributed by atoms with van der Waals surface area (Å²) in [5.41, 5.74) is 0. The highest BCUT2D eigenvalue weighted by atomic mass is 16.3. The van der Waals surface area contributed by atoms with Crippen LogP contribution in [0.1, 0.15) is 12.2 Å². The zero-order valence-corrected chi connectivity index (χ0v) is 6.43. The van der Waals surface area contributed by atoms with Crippen molar-refractivity contribution in [2.24, 2.45) is 5.10 Å². The van der Waals surface area contributed by atoms with E-state index in [1.54, 1.807) is 23.2 Å². The summed E-state index contributed by atoms with van der Waals surface area (Å²) < 4.78 is 6.66. The average Bonchev–Trinajstić information content (AvgIpc) is 2.63. The quantitative estimate of drug-likeness (QED) is 0.539. The molecule has 0 bridgehead atoms. The van der Waals surface area contributed by atoms with Crippen molar-refractivity contribution in [2.45, 2.75) is 6.42 Å². The fraction of sp³-hybridized carbons (Fsp3) is 0.250. The number of rotatable bonds is 1. The Morgan fingerprint density at radius 3 is 3.17 bits per heavy atom. The Hall–Kier alpha value is -1.58.